The third kappa shape index (κ3) is 6.09. The van der Waals surface area contributed by atoms with Gasteiger partial charge in [-0.3, -0.25) is 9.69 Å². The van der Waals surface area contributed by atoms with Gasteiger partial charge < -0.3 is 29.9 Å². The number of carbonyl (C=O) groups excluding carboxylic acids is 2. The first-order valence-electron chi connectivity index (χ1n) is 14.2. The summed E-state index contributed by atoms with van der Waals surface area (Å²) < 4.78 is 5.51. The van der Waals surface area contributed by atoms with Crippen LogP contribution >= 0.6 is 0 Å². The summed E-state index contributed by atoms with van der Waals surface area (Å²) in [7, 11) is 1.82. The van der Waals surface area contributed by atoms with Crippen LogP contribution in [0, 0.1) is 5.92 Å². The highest BCUT2D eigenvalue weighted by Gasteiger charge is 2.41. The van der Waals surface area contributed by atoms with E-state index in [1.165, 1.54) is 0 Å². The van der Waals surface area contributed by atoms with Gasteiger partial charge in [-0.2, -0.15) is 0 Å². The lowest BCUT2D eigenvalue weighted by Gasteiger charge is -2.48. The van der Waals surface area contributed by atoms with Crippen LogP contribution < -0.4 is 10.2 Å². The summed E-state index contributed by atoms with van der Waals surface area (Å²) >= 11 is 0. The number of likely N-dealkylation sites (tertiary alicyclic amines) is 2. The Morgan fingerprint density at radius 2 is 1.65 bits per heavy atom. The monoisotopic (exact) mass is 551 g/mol. The van der Waals surface area contributed by atoms with E-state index in [0.717, 1.165) is 31.6 Å². The van der Waals surface area contributed by atoms with Crippen molar-refractivity contribution in [2.75, 3.05) is 69.6 Å². The molecule has 11 heteroatoms. The average molecular weight is 552 g/mol. The van der Waals surface area contributed by atoms with E-state index in [-0.39, 0.29) is 23.7 Å². The Morgan fingerprint density at radius 1 is 0.975 bits per heavy atom. The summed E-state index contributed by atoms with van der Waals surface area (Å²) in [5.74, 6) is 1.11. The SMILES string of the molecule is CNc1nnc(-c2ccccc2O)cc1N1CCN(C(=O)C2CN(C3CCN(C(=O)OC(C)(C)C)CC3)C2)CC1. The fourth-order valence-corrected chi connectivity index (χ4v) is 5.76. The highest BCUT2D eigenvalue weighted by molar-refractivity contribution is 5.81. The van der Waals surface area contributed by atoms with E-state index in [0.29, 0.717) is 62.4 Å². The molecule has 3 aliphatic rings. The number of ether oxygens (including phenoxy) is 1. The lowest BCUT2D eigenvalue weighted by atomic mass is 9.92. The average Bonchev–Trinajstić information content (AvgIpc) is 2.91. The van der Waals surface area contributed by atoms with Gasteiger partial charge >= 0.3 is 6.09 Å². The molecule has 11 nitrogen and oxygen atoms in total. The molecule has 2 aromatic rings. The van der Waals surface area contributed by atoms with Gasteiger partial charge in [0.15, 0.2) is 5.82 Å². The van der Waals surface area contributed by atoms with E-state index >= 15 is 0 Å². The Labute approximate surface area is 236 Å². The van der Waals surface area contributed by atoms with Gasteiger partial charge in [-0.1, -0.05) is 12.1 Å². The Morgan fingerprint density at radius 3 is 2.27 bits per heavy atom. The number of phenolic OH excluding ortho intramolecular Hbond substituents is 1. The Kier molecular flexibility index (Phi) is 8.02. The summed E-state index contributed by atoms with van der Waals surface area (Å²) in [6.45, 7) is 11.3. The Bertz CT molecular complexity index is 1210. The lowest BCUT2D eigenvalue weighted by molar-refractivity contribution is -0.143. The van der Waals surface area contributed by atoms with Crippen LogP contribution in [-0.2, 0) is 9.53 Å². The molecule has 0 unspecified atom stereocenters. The number of aromatic hydroxyl groups is 1. The molecule has 1 aromatic heterocycles. The maximum atomic E-state index is 13.3. The molecule has 5 rings (SSSR count). The van der Waals surface area contributed by atoms with Crippen LogP contribution in [0.15, 0.2) is 30.3 Å². The first-order chi connectivity index (χ1) is 19.1. The second-order valence-electron chi connectivity index (χ2n) is 11.9. The van der Waals surface area contributed by atoms with Gasteiger partial charge in [-0.25, -0.2) is 4.79 Å². The van der Waals surface area contributed by atoms with E-state index in [9.17, 15) is 14.7 Å². The number of amides is 2. The Hall–Kier alpha value is -3.60. The predicted octanol–water partition coefficient (Wildman–Crippen LogP) is 2.87. The number of anilines is 2. The second-order valence-corrected chi connectivity index (χ2v) is 11.9. The first-order valence-corrected chi connectivity index (χ1v) is 14.2. The summed E-state index contributed by atoms with van der Waals surface area (Å²) in [5, 5.41) is 22.0. The van der Waals surface area contributed by atoms with Crippen molar-refractivity contribution in [1.82, 2.24) is 24.9 Å². The first kappa shape index (κ1) is 27.9. The van der Waals surface area contributed by atoms with E-state index < -0.39 is 5.60 Å². The molecular weight excluding hydrogens is 510 g/mol. The molecule has 0 saturated carbocycles. The molecule has 0 bridgehead atoms. The number of nitrogens with zero attached hydrogens (tertiary/aromatic N) is 6. The molecule has 0 atom stereocenters. The number of nitrogens with one attached hydrogen (secondary N) is 1. The van der Waals surface area contributed by atoms with Crippen LogP contribution in [0.2, 0.25) is 0 Å². The van der Waals surface area contributed by atoms with E-state index in [1.807, 2.05) is 50.9 Å². The minimum atomic E-state index is -0.482. The molecule has 40 heavy (non-hydrogen) atoms. The third-order valence-corrected chi connectivity index (χ3v) is 8.01. The summed E-state index contributed by atoms with van der Waals surface area (Å²) in [4.78, 5) is 34.0. The van der Waals surface area contributed by atoms with Gasteiger partial charge in [0.25, 0.3) is 0 Å². The standard InChI is InChI=1S/C29H41N7O4/c1-29(2,3)40-28(39)35-11-9-21(10-12-35)36-18-20(19-36)27(38)34-15-13-33(14-16-34)24-17-23(31-32-26(24)30-4)22-7-5-6-8-25(22)37/h5-8,17,20-21,37H,9-16,18-19H2,1-4H3,(H,30,32). The van der Waals surface area contributed by atoms with Crippen molar-refractivity contribution < 1.29 is 19.4 Å². The van der Waals surface area contributed by atoms with E-state index in [2.05, 4.69) is 25.3 Å². The quantitative estimate of drug-likeness (QED) is 0.579. The van der Waals surface area contributed by atoms with Gasteiger partial charge in [0, 0.05) is 71.0 Å². The maximum absolute atomic E-state index is 13.3. The van der Waals surface area contributed by atoms with Gasteiger partial charge in [0.05, 0.1) is 17.3 Å². The number of benzene rings is 1. The topological polar surface area (TPSA) is 114 Å². The van der Waals surface area contributed by atoms with Crippen LogP contribution in [0.25, 0.3) is 11.3 Å². The zero-order chi connectivity index (χ0) is 28.4. The summed E-state index contributed by atoms with van der Waals surface area (Å²) in [6.07, 6.45) is 1.59. The van der Waals surface area contributed by atoms with Gasteiger partial charge in [0.2, 0.25) is 5.91 Å². The van der Waals surface area contributed by atoms with Gasteiger partial charge in [-0.15, -0.1) is 10.2 Å². The van der Waals surface area contributed by atoms with Crippen molar-refractivity contribution in [3.63, 3.8) is 0 Å². The highest BCUT2D eigenvalue weighted by atomic mass is 16.6. The van der Waals surface area contributed by atoms with Gasteiger partial charge in [-0.05, 0) is 51.8 Å². The smallest absolute Gasteiger partial charge is 0.410 e. The fourth-order valence-electron chi connectivity index (χ4n) is 5.76. The van der Waals surface area contributed by atoms with Crippen LogP contribution in [0.3, 0.4) is 0 Å². The molecule has 1 aromatic carbocycles. The van der Waals surface area contributed by atoms with Crippen molar-refractivity contribution in [2.45, 2.75) is 45.3 Å². The van der Waals surface area contributed by atoms with E-state index in [1.54, 1.807) is 17.0 Å². The second kappa shape index (κ2) is 11.5. The van der Waals surface area contributed by atoms with Gasteiger partial charge in [0.1, 0.15) is 11.4 Å². The minimum absolute atomic E-state index is 0.0403. The zero-order valence-electron chi connectivity index (χ0n) is 24.0. The van der Waals surface area contributed by atoms with E-state index in [4.69, 9.17) is 4.74 Å². The number of hydrogen-bond acceptors (Lipinski definition) is 9. The molecule has 2 N–H and O–H groups in total. The minimum Gasteiger partial charge on any atom is -0.507 e. The molecule has 216 valence electrons. The fraction of sp³-hybridized carbons (Fsp3) is 0.586. The molecule has 3 saturated heterocycles. The molecule has 0 aliphatic carbocycles. The number of rotatable bonds is 5. The van der Waals surface area contributed by atoms with Crippen LogP contribution in [0.1, 0.15) is 33.6 Å². The number of carbonyl (C=O) groups is 2. The number of aromatic nitrogens is 2. The molecule has 0 radical (unpaired) electrons. The Balaban J connectivity index is 1.11. The van der Waals surface area contributed by atoms with Crippen molar-refractivity contribution in [1.29, 1.82) is 0 Å². The number of para-hydroxylation sites is 1. The van der Waals surface area contributed by atoms with Crippen LogP contribution in [0.4, 0.5) is 16.3 Å². The van der Waals surface area contributed by atoms with Crippen molar-refractivity contribution in [3.8, 4) is 17.0 Å². The third-order valence-electron chi connectivity index (χ3n) is 8.01. The number of hydrogen-bond donors (Lipinski definition) is 2. The van der Waals surface area contributed by atoms with Crippen LogP contribution in [0.5, 0.6) is 5.75 Å². The molecule has 3 fully saturated rings. The number of piperazine rings is 1. The predicted molar refractivity (Wildman–Crippen MR) is 153 cm³/mol. The number of piperidine rings is 1. The molecule has 3 aliphatic heterocycles. The molecule has 2 amide bonds. The molecule has 0 spiro atoms. The van der Waals surface area contributed by atoms with Crippen molar-refractivity contribution >= 4 is 23.5 Å². The maximum Gasteiger partial charge on any atom is 0.410 e. The zero-order valence-corrected chi connectivity index (χ0v) is 24.0. The summed E-state index contributed by atoms with van der Waals surface area (Å²) in [6, 6.07) is 9.47. The van der Waals surface area contributed by atoms with Crippen LogP contribution in [-0.4, -0.2) is 113 Å². The molecule has 4 heterocycles. The molecular formula is C29H41N7O4. The lowest BCUT2D eigenvalue weighted by Crippen LogP contribution is -2.61. The summed E-state index contributed by atoms with van der Waals surface area (Å²) in [5.41, 5.74) is 1.68. The van der Waals surface area contributed by atoms with Crippen molar-refractivity contribution in [2.24, 2.45) is 5.92 Å². The highest BCUT2D eigenvalue weighted by Crippen LogP contribution is 2.33. The number of phenols is 1. The van der Waals surface area contributed by atoms with Crippen molar-refractivity contribution in [3.05, 3.63) is 30.3 Å². The largest absolute Gasteiger partial charge is 0.507 e. The normalized spacial score (nSPS) is 19.4.